The Morgan fingerprint density at radius 1 is 1.14 bits per heavy atom. The second-order valence-electron chi connectivity index (χ2n) is 6.37. The van der Waals surface area contributed by atoms with Crippen LogP contribution in [0.2, 0.25) is 0 Å². The molecule has 1 aromatic heterocycles. The molecular formula is C20H20BrN5O2. The highest BCUT2D eigenvalue weighted by atomic mass is 79.9. The minimum Gasteiger partial charge on any atom is -0.352 e. The molecule has 1 aromatic carbocycles. The van der Waals surface area contributed by atoms with Crippen LogP contribution in [0.15, 0.2) is 47.1 Å². The number of hydrogen-bond acceptors (Lipinski definition) is 5. The van der Waals surface area contributed by atoms with Crippen LogP contribution in [-0.2, 0) is 4.79 Å². The summed E-state index contributed by atoms with van der Waals surface area (Å²) < 4.78 is 0.908. The molecule has 0 spiro atoms. The maximum Gasteiger partial charge on any atom is 0.251 e. The molecule has 0 bridgehead atoms. The van der Waals surface area contributed by atoms with Gasteiger partial charge in [-0.1, -0.05) is 15.9 Å². The van der Waals surface area contributed by atoms with Gasteiger partial charge >= 0.3 is 0 Å². The first-order valence-corrected chi connectivity index (χ1v) is 9.79. The minimum absolute atomic E-state index is 0.0114. The predicted octanol–water partition coefficient (Wildman–Crippen LogP) is 2.18. The Bertz CT molecular complexity index is 886. The summed E-state index contributed by atoms with van der Waals surface area (Å²) in [5.74, 6) is 0.487. The number of anilines is 1. The van der Waals surface area contributed by atoms with Crippen LogP contribution in [-0.4, -0.2) is 54.4 Å². The first-order chi connectivity index (χ1) is 13.6. The lowest BCUT2D eigenvalue weighted by molar-refractivity contribution is -0.131. The summed E-state index contributed by atoms with van der Waals surface area (Å²) in [5.41, 5.74) is 1.10. The zero-order valence-corrected chi connectivity index (χ0v) is 16.9. The highest BCUT2D eigenvalue weighted by Crippen LogP contribution is 2.18. The van der Waals surface area contributed by atoms with Gasteiger partial charge in [-0.25, -0.2) is 4.98 Å². The van der Waals surface area contributed by atoms with Crippen LogP contribution in [0, 0.1) is 11.3 Å². The molecule has 0 atom stereocenters. The Morgan fingerprint density at radius 2 is 1.86 bits per heavy atom. The fourth-order valence-corrected chi connectivity index (χ4v) is 3.31. The SMILES string of the molecule is N#Cc1cccnc1N1CCN(C(=O)CCNC(=O)c2ccc(Br)cc2)CC1. The third kappa shape index (κ3) is 4.87. The highest BCUT2D eigenvalue weighted by Gasteiger charge is 2.23. The van der Waals surface area contributed by atoms with Crippen LogP contribution in [0.1, 0.15) is 22.3 Å². The number of nitriles is 1. The van der Waals surface area contributed by atoms with E-state index in [1.807, 2.05) is 4.90 Å². The number of halogens is 1. The zero-order chi connectivity index (χ0) is 19.9. The van der Waals surface area contributed by atoms with Gasteiger partial charge in [0.1, 0.15) is 11.9 Å². The number of hydrogen-bond donors (Lipinski definition) is 1. The summed E-state index contributed by atoms with van der Waals surface area (Å²) in [4.78, 5) is 32.6. The van der Waals surface area contributed by atoms with E-state index in [1.54, 1.807) is 47.5 Å². The second-order valence-corrected chi connectivity index (χ2v) is 7.28. The Balaban J connectivity index is 1.44. The van der Waals surface area contributed by atoms with E-state index in [4.69, 9.17) is 0 Å². The lowest BCUT2D eigenvalue weighted by Gasteiger charge is -2.35. The summed E-state index contributed by atoms with van der Waals surface area (Å²) in [6, 6.07) is 12.7. The molecule has 8 heteroatoms. The van der Waals surface area contributed by atoms with Crippen molar-refractivity contribution in [3.05, 3.63) is 58.2 Å². The third-order valence-electron chi connectivity index (χ3n) is 4.57. The van der Waals surface area contributed by atoms with Crippen LogP contribution in [0.25, 0.3) is 0 Å². The number of aromatic nitrogens is 1. The van der Waals surface area contributed by atoms with Crippen LogP contribution in [0.3, 0.4) is 0 Å². The van der Waals surface area contributed by atoms with Gasteiger partial charge in [-0.05, 0) is 36.4 Å². The van der Waals surface area contributed by atoms with E-state index < -0.39 is 0 Å². The molecule has 7 nitrogen and oxygen atoms in total. The molecule has 1 aliphatic heterocycles. The quantitative estimate of drug-likeness (QED) is 0.767. The summed E-state index contributed by atoms with van der Waals surface area (Å²) in [7, 11) is 0. The van der Waals surface area contributed by atoms with E-state index >= 15 is 0 Å². The molecule has 2 heterocycles. The Hall–Kier alpha value is -2.92. The maximum absolute atomic E-state index is 12.4. The molecule has 1 saturated heterocycles. The van der Waals surface area contributed by atoms with Crippen molar-refractivity contribution in [2.75, 3.05) is 37.6 Å². The fraction of sp³-hybridized carbons (Fsp3) is 0.300. The molecule has 2 amide bonds. The molecule has 144 valence electrons. The van der Waals surface area contributed by atoms with Gasteiger partial charge in [0.2, 0.25) is 5.91 Å². The standard InChI is InChI=1S/C20H20BrN5O2/c21-17-5-3-15(4-6-17)20(28)24-9-7-18(27)25-10-12-26(13-11-25)19-16(14-22)2-1-8-23-19/h1-6,8H,7,9-13H2,(H,24,28). The van der Waals surface area contributed by atoms with Gasteiger partial charge < -0.3 is 15.1 Å². The van der Waals surface area contributed by atoms with Crippen molar-refractivity contribution in [2.45, 2.75) is 6.42 Å². The van der Waals surface area contributed by atoms with Gasteiger partial charge in [0.25, 0.3) is 5.91 Å². The molecule has 3 rings (SSSR count). The Morgan fingerprint density at radius 3 is 2.54 bits per heavy atom. The maximum atomic E-state index is 12.4. The summed E-state index contributed by atoms with van der Waals surface area (Å²) in [6.45, 7) is 2.69. The molecular weight excluding hydrogens is 422 g/mol. The van der Waals surface area contributed by atoms with Crippen LogP contribution < -0.4 is 10.2 Å². The van der Waals surface area contributed by atoms with Crippen molar-refractivity contribution in [3.8, 4) is 6.07 Å². The van der Waals surface area contributed by atoms with Crippen LogP contribution >= 0.6 is 15.9 Å². The molecule has 0 unspecified atom stereocenters. The zero-order valence-electron chi connectivity index (χ0n) is 15.3. The Kier molecular flexibility index (Phi) is 6.61. The smallest absolute Gasteiger partial charge is 0.251 e. The number of amides is 2. The summed E-state index contributed by atoms with van der Waals surface area (Å²) in [5, 5.41) is 12.0. The molecule has 1 N–H and O–H groups in total. The lowest BCUT2D eigenvalue weighted by Crippen LogP contribution is -2.49. The van der Waals surface area contributed by atoms with Gasteiger partial charge in [0.15, 0.2) is 0 Å². The second kappa shape index (κ2) is 9.33. The number of nitrogens with zero attached hydrogens (tertiary/aromatic N) is 4. The van der Waals surface area contributed by atoms with Crippen molar-refractivity contribution in [2.24, 2.45) is 0 Å². The van der Waals surface area contributed by atoms with Crippen molar-refractivity contribution in [1.82, 2.24) is 15.2 Å². The van der Waals surface area contributed by atoms with Crippen molar-refractivity contribution in [3.63, 3.8) is 0 Å². The third-order valence-corrected chi connectivity index (χ3v) is 5.10. The predicted molar refractivity (Wildman–Crippen MR) is 109 cm³/mol. The summed E-state index contributed by atoms with van der Waals surface area (Å²) in [6.07, 6.45) is 1.93. The summed E-state index contributed by atoms with van der Waals surface area (Å²) >= 11 is 3.33. The first kappa shape index (κ1) is 19.8. The number of carbonyl (C=O) groups excluding carboxylic acids is 2. The molecule has 1 fully saturated rings. The van der Waals surface area contributed by atoms with E-state index in [1.165, 1.54) is 0 Å². The van der Waals surface area contributed by atoms with Gasteiger partial charge in [-0.15, -0.1) is 0 Å². The molecule has 1 aliphatic rings. The molecule has 2 aromatic rings. The monoisotopic (exact) mass is 441 g/mol. The highest BCUT2D eigenvalue weighted by molar-refractivity contribution is 9.10. The average molecular weight is 442 g/mol. The van der Waals surface area contributed by atoms with Crippen LogP contribution in [0.4, 0.5) is 5.82 Å². The molecule has 0 aliphatic carbocycles. The number of carbonyl (C=O) groups is 2. The number of pyridine rings is 1. The van der Waals surface area contributed by atoms with E-state index in [-0.39, 0.29) is 18.2 Å². The van der Waals surface area contributed by atoms with Crippen LogP contribution in [0.5, 0.6) is 0 Å². The minimum atomic E-state index is -0.190. The number of piperazine rings is 1. The van der Waals surface area contributed by atoms with Crippen molar-refractivity contribution in [1.29, 1.82) is 5.26 Å². The lowest BCUT2D eigenvalue weighted by atomic mass is 10.2. The molecule has 0 radical (unpaired) electrons. The van der Waals surface area contributed by atoms with Gasteiger partial charge in [-0.2, -0.15) is 5.26 Å². The fourth-order valence-electron chi connectivity index (χ4n) is 3.05. The van der Waals surface area contributed by atoms with Gasteiger partial charge in [0.05, 0.1) is 5.56 Å². The van der Waals surface area contributed by atoms with E-state index in [0.717, 1.165) is 4.47 Å². The molecule has 0 saturated carbocycles. The van der Waals surface area contributed by atoms with Crippen molar-refractivity contribution >= 4 is 33.6 Å². The topological polar surface area (TPSA) is 89.3 Å². The van der Waals surface area contributed by atoms with E-state index in [9.17, 15) is 14.9 Å². The van der Waals surface area contributed by atoms with E-state index in [2.05, 4.69) is 32.3 Å². The van der Waals surface area contributed by atoms with Gasteiger partial charge in [-0.3, -0.25) is 9.59 Å². The normalized spacial score (nSPS) is 13.7. The number of nitrogens with one attached hydrogen (secondary N) is 1. The average Bonchev–Trinajstić information content (AvgIpc) is 2.74. The first-order valence-electron chi connectivity index (χ1n) is 9.00. The number of benzene rings is 1. The van der Waals surface area contributed by atoms with Gasteiger partial charge in [0, 0.05) is 55.4 Å². The number of rotatable bonds is 5. The van der Waals surface area contributed by atoms with Crippen molar-refractivity contribution < 1.29 is 9.59 Å². The largest absolute Gasteiger partial charge is 0.352 e. The Labute approximate surface area is 172 Å². The molecule has 28 heavy (non-hydrogen) atoms. The van der Waals surface area contributed by atoms with E-state index in [0.29, 0.717) is 49.7 Å².